The van der Waals surface area contributed by atoms with Crippen molar-refractivity contribution < 1.29 is 13.2 Å². The van der Waals surface area contributed by atoms with Crippen molar-refractivity contribution in [3.05, 3.63) is 79.7 Å². The Kier molecular flexibility index (Phi) is 5.97. The van der Waals surface area contributed by atoms with Gasteiger partial charge in [0.25, 0.3) is 0 Å². The molecule has 0 amide bonds. The monoisotopic (exact) mass is 439 g/mol. The molecule has 11 heteroatoms. The number of anilines is 2. The number of nitrogens with one attached hydrogen (secondary N) is 1. The van der Waals surface area contributed by atoms with Crippen molar-refractivity contribution in [3.63, 3.8) is 0 Å². The van der Waals surface area contributed by atoms with Crippen LogP contribution in [0.15, 0.2) is 52.2 Å². The molecule has 2 aromatic heterocycles. The van der Waals surface area contributed by atoms with Gasteiger partial charge in [-0.05, 0) is 43.7 Å². The predicted octanol–water partition coefficient (Wildman–Crippen LogP) is 3.85. The maximum atomic E-state index is 13.0. The van der Waals surface area contributed by atoms with Crippen LogP contribution in [0.5, 0.6) is 0 Å². The van der Waals surface area contributed by atoms with E-state index >= 15 is 0 Å². The number of pyridine rings is 1. The van der Waals surface area contributed by atoms with Gasteiger partial charge in [-0.15, -0.1) is 0 Å². The average molecular weight is 440 g/mol. The van der Waals surface area contributed by atoms with Crippen molar-refractivity contribution in [2.75, 3.05) is 5.32 Å². The molecule has 0 saturated heterocycles. The van der Waals surface area contributed by atoms with E-state index in [0.717, 1.165) is 27.5 Å². The van der Waals surface area contributed by atoms with Crippen LogP contribution in [0.2, 0.25) is 5.02 Å². The Morgan fingerprint density at radius 2 is 1.80 bits per heavy atom. The van der Waals surface area contributed by atoms with Crippen LogP contribution in [-0.4, -0.2) is 19.1 Å². The molecule has 1 aromatic carbocycles. The lowest BCUT2D eigenvalue weighted by atomic mass is 10.2. The minimum atomic E-state index is -4.57. The molecule has 0 atom stereocenters. The zero-order chi connectivity index (χ0) is 22.1. The van der Waals surface area contributed by atoms with Crippen LogP contribution in [-0.2, 0) is 12.7 Å². The van der Waals surface area contributed by atoms with Crippen LogP contribution >= 0.6 is 11.6 Å². The van der Waals surface area contributed by atoms with Gasteiger partial charge in [0.05, 0.1) is 12.1 Å². The highest BCUT2D eigenvalue weighted by Gasteiger charge is 2.31. The maximum Gasteiger partial charge on any atom is 0.416 e. The molecule has 0 aliphatic rings. The van der Waals surface area contributed by atoms with Crippen LogP contribution < -0.4 is 16.7 Å². The molecule has 1 N–H and O–H groups in total. The lowest BCUT2D eigenvalue weighted by molar-refractivity contribution is -0.137. The first-order chi connectivity index (χ1) is 14.1. The predicted molar refractivity (Wildman–Crippen MR) is 106 cm³/mol. The molecule has 30 heavy (non-hydrogen) atoms. The van der Waals surface area contributed by atoms with E-state index in [1.165, 1.54) is 0 Å². The highest BCUT2D eigenvalue weighted by molar-refractivity contribution is 6.30. The van der Waals surface area contributed by atoms with E-state index in [2.05, 4.69) is 15.3 Å². The molecule has 158 valence electrons. The Morgan fingerprint density at radius 1 is 1.13 bits per heavy atom. The number of nitrogens with zero attached hydrogens (tertiary/aromatic N) is 4. The molecule has 0 aliphatic carbocycles. The normalized spacial score (nSPS) is 11.7. The summed E-state index contributed by atoms with van der Waals surface area (Å²) in [5.74, 6) is -0.424. The number of halogens is 4. The van der Waals surface area contributed by atoms with Gasteiger partial charge >= 0.3 is 17.6 Å². The Hall–Kier alpha value is -3.14. The Balaban J connectivity index is 2.10. The molecule has 0 radical (unpaired) electrons. The third kappa shape index (κ3) is 4.70. The largest absolute Gasteiger partial charge is 0.416 e. The fourth-order valence-electron chi connectivity index (χ4n) is 2.75. The highest BCUT2D eigenvalue weighted by Crippen LogP contribution is 2.30. The Bertz CT molecular complexity index is 1170. The molecule has 0 bridgehead atoms. The standard InChI is InChI=1S/C19H17ClF3N5O2/c1-11(2)28-17(29)26-16(25-15-9-13(7-8-24-15)19(21,22)23)27(18(28)30)10-12-3-5-14(20)6-4-12/h3-9,11H,10H2,1-2H3,(H,24,25,26,29). The van der Waals surface area contributed by atoms with E-state index in [0.29, 0.717) is 10.6 Å². The molecule has 0 aliphatic heterocycles. The molecular formula is C19H17ClF3N5O2. The van der Waals surface area contributed by atoms with Crippen molar-refractivity contribution in [3.8, 4) is 0 Å². The minimum Gasteiger partial charge on any atom is -0.310 e. The molecule has 7 nitrogen and oxygen atoms in total. The molecule has 3 rings (SSSR count). The molecular weight excluding hydrogens is 423 g/mol. The number of aromatic nitrogens is 4. The summed E-state index contributed by atoms with van der Waals surface area (Å²) in [4.78, 5) is 33.0. The Labute approximate surface area is 173 Å². The number of rotatable bonds is 5. The lowest BCUT2D eigenvalue weighted by Crippen LogP contribution is -2.43. The molecule has 2 heterocycles. The van der Waals surface area contributed by atoms with E-state index in [1.807, 2.05) is 0 Å². The van der Waals surface area contributed by atoms with E-state index < -0.39 is 29.2 Å². The highest BCUT2D eigenvalue weighted by atomic mass is 35.5. The van der Waals surface area contributed by atoms with E-state index in [1.54, 1.807) is 38.1 Å². The third-order valence-electron chi connectivity index (χ3n) is 4.20. The second-order valence-electron chi connectivity index (χ2n) is 6.73. The van der Waals surface area contributed by atoms with Crippen molar-refractivity contribution in [1.82, 2.24) is 19.1 Å². The smallest absolute Gasteiger partial charge is 0.310 e. The van der Waals surface area contributed by atoms with Crippen molar-refractivity contribution in [2.45, 2.75) is 32.6 Å². The van der Waals surface area contributed by atoms with Gasteiger partial charge in [0, 0.05) is 17.3 Å². The number of alkyl halides is 3. The molecule has 0 fully saturated rings. The number of hydrogen-bond donors (Lipinski definition) is 1. The number of hydrogen-bond acceptors (Lipinski definition) is 5. The van der Waals surface area contributed by atoms with Gasteiger partial charge in [0.15, 0.2) is 0 Å². The fraction of sp³-hybridized carbons (Fsp3) is 0.263. The third-order valence-corrected chi connectivity index (χ3v) is 4.45. The first-order valence-corrected chi connectivity index (χ1v) is 9.22. The summed E-state index contributed by atoms with van der Waals surface area (Å²) in [6, 6.07) is 7.76. The maximum absolute atomic E-state index is 13.0. The first kappa shape index (κ1) is 21.6. The van der Waals surface area contributed by atoms with E-state index in [-0.39, 0.29) is 18.3 Å². The molecule has 0 saturated carbocycles. The fourth-order valence-corrected chi connectivity index (χ4v) is 2.88. The van der Waals surface area contributed by atoms with Gasteiger partial charge in [0.2, 0.25) is 5.95 Å². The van der Waals surface area contributed by atoms with Crippen LogP contribution in [0, 0.1) is 0 Å². The summed E-state index contributed by atoms with van der Waals surface area (Å²) in [5.41, 5.74) is -1.73. The summed E-state index contributed by atoms with van der Waals surface area (Å²) in [6.45, 7) is 3.31. The van der Waals surface area contributed by atoms with Gasteiger partial charge in [-0.1, -0.05) is 23.7 Å². The second-order valence-corrected chi connectivity index (χ2v) is 7.17. The van der Waals surface area contributed by atoms with Crippen LogP contribution in [0.1, 0.15) is 31.0 Å². The minimum absolute atomic E-state index is 0.0112. The quantitative estimate of drug-likeness (QED) is 0.653. The van der Waals surface area contributed by atoms with E-state index in [4.69, 9.17) is 11.6 Å². The Morgan fingerprint density at radius 3 is 2.40 bits per heavy atom. The molecule has 0 spiro atoms. The molecule has 0 unspecified atom stereocenters. The topological polar surface area (TPSA) is 81.8 Å². The van der Waals surface area contributed by atoms with Gasteiger partial charge in [-0.2, -0.15) is 18.2 Å². The van der Waals surface area contributed by atoms with Crippen LogP contribution in [0.3, 0.4) is 0 Å². The second kappa shape index (κ2) is 8.31. The summed E-state index contributed by atoms with van der Waals surface area (Å²) in [7, 11) is 0. The van der Waals surface area contributed by atoms with E-state index in [9.17, 15) is 22.8 Å². The summed E-state index contributed by atoms with van der Waals surface area (Å²) < 4.78 is 41.1. The van der Waals surface area contributed by atoms with Gasteiger partial charge in [0.1, 0.15) is 5.82 Å². The van der Waals surface area contributed by atoms with Crippen LogP contribution in [0.4, 0.5) is 24.9 Å². The molecule has 3 aromatic rings. The first-order valence-electron chi connectivity index (χ1n) is 8.84. The zero-order valence-electron chi connectivity index (χ0n) is 15.9. The summed E-state index contributed by atoms with van der Waals surface area (Å²) in [6.07, 6.45) is -3.60. The van der Waals surface area contributed by atoms with Crippen molar-refractivity contribution >= 4 is 23.4 Å². The summed E-state index contributed by atoms with van der Waals surface area (Å²) >= 11 is 5.88. The van der Waals surface area contributed by atoms with Crippen molar-refractivity contribution in [2.24, 2.45) is 0 Å². The lowest BCUT2D eigenvalue weighted by Gasteiger charge is -2.17. The van der Waals surface area contributed by atoms with Gasteiger partial charge in [-0.3, -0.25) is 4.57 Å². The van der Waals surface area contributed by atoms with Gasteiger partial charge < -0.3 is 5.32 Å². The average Bonchev–Trinajstić information content (AvgIpc) is 2.65. The van der Waals surface area contributed by atoms with Gasteiger partial charge in [-0.25, -0.2) is 19.1 Å². The van der Waals surface area contributed by atoms with Crippen LogP contribution in [0.25, 0.3) is 0 Å². The zero-order valence-corrected chi connectivity index (χ0v) is 16.7. The number of benzene rings is 1. The SMILES string of the molecule is CC(C)n1c(=O)nc(Nc2cc(C(F)(F)F)ccn2)n(Cc2ccc(Cl)cc2)c1=O. The summed E-state index contributed by atoms with van der Waals surface area (Å²) in [5, 5.41) is 3.07. The van der Waals surface area contributed by atoms with Crippen molar-refractivity contribution in [1.29, 1.82) is 0 Å².